The van der Waals surface area contributed by atoms with E-state index in [1.165, 1.54) is 34.5 Å². The number of thiazole rings is 1. The largest absolute Gasteiger partial charge is 0.361 e. The van der Waals surface area contributed by atoms with Gasteiger partial charge in [-0.2, -0.15) is 0 Å². The fraction of sp³-hybridized carbons (Fsp3) is 0.615. The van der Waals surface area contributed by atoms with Crippen LogP contribution in [0.2, 0.25) is 0 Å². The molecule has 0 bridgehead atoms. The van der Waals surface area contributed by atoms with Gasteiger partial charge in [-0.3, -0.25) is 5.41 Å². The molecule has 1 saturated heterocycles. The van der Waals surface area contributed by atoms with Crippen LogP contribution in [0.25, 0.3) is 11.3 Å². The highest BCUT2D eigenvalue weighted by Gasteiger charge is 2.37. The zero-order chi connectivity index (χ0) is 21.5. The Labute approximate surface area is 186 Å². The fourth-order valence-corrected chi connectivity index (χ4v) is 6.15. The fourth-order valence-electron chi connectivity index (χ4n) is 5.15. The van der Waals surface area contributed by atoms with Crippen molar-refractivity contribution >= 4 is 17.2 Å². The van der Waals surface area contributed by atoms with Crippen LogP contribution in [0.4, 0.5) is 0 Å². The van der Waals surface area contributed by atoms with Crippen LogP contribution in [0.1, 0.15) is 95.2 Å². The Morgan fingerprint density at radius 1 is 1.10 bits per heavy atom. The second-order valence-corrected chi connectivity index (χ2v) is 11.4. The minimum absolute atomic E-state index is 0.232. The third-order valence-corrected chi connectivity index (χ3v) is 8.39. The van der Waals surface area contributed by atoms with E-state index in [2.05, 4.69) is 63.1 Å². The predicted molar refractivity (Wildman–Crippen MR) is 129 cm³/mol. The van der Waals surface area contributed by atoms with Crippen LogP contribution >= 0.6 is 11.3 Å². The van der Waals surface area contributed by atoms with E-state index in [4.69, 9.17) is 10.4 Å². The number of piperidine rings is 1. The Morgan fingerprint density at radius 2 is 1.77 bits per heavy atom. The first-order valence-corrected chi connectivity index (χ1v) is 12.5. The molecule has 1 aromatic carbocycles. The third kappa shape index (κ3) is 4.08. The summed E-state index contributed by atoms with van der Waals surface area (Å²) in [6.45, 7) is 13.7. The van der Waals surface area contributed by atoms with Crippen LogP contribution in [0.5, 0.6) is 0 Å². The highest BCUT2D eigenvalue weighted by atomic mass is 32.1. The van der Waals surface area contributed by atoms with Gasteiger partial charge in [0.05, 0.1) is 16.5 Å². The molecular formula is C26H37N3S. The average molecular weight is 424 g/mol. The maximum absolute atomic E-state index is 8.22. The molecular weight excluding hydrogens is 386 g/mol. The van der Waals surface area contributed by atoms with E-state index in [0.29, 0.717) is 5.92 Å². The number of nitrogens with one attached hydrogen (secondary N) is 1. The zero-order valence-electron chi connectivity index (χ0n) is 19.3. The summed E-state index contributed by atoms with van der Waals surface area (Å²) in [6, 6.07) is 7.07. The van der Waals surface area contributed by atoms with E-state index in [9.17, 15) is 0 Å². The number of likely N-dealkylation sites (tertiary alicyclic amines) is 1. The van der Waals surface area contributed by atoms with Crippen LogP contribution < -0.4 is 0 Å². The Hall–Kier alpha value is -1.68. The van der Waals surface area contributed by atoms with Crippen LogP contribution in [0.3, 0.4) is 0 Å². The first-order valence-electron chi connectivity index (χ1n) is 11.6. The molecule has 1 aromatic heterocycles. The molecule has 2 aromatic rings. The number of aromatic nitrogens is 1. The molecule has 1 N–H and O–H groups in total. The molecule has 30 heavy (non-hydrogen) atoms. The minimum atomic E-state index is 0.232. The van der Waals surface area contributed by atoms with Crippen LogP contribution in [-0.4, -0.2) is 28.8 Å². The monoisotopic (exact) mass is 423 g/mol. The van der Waals surface area contributed by atoms with E-state index in [1.54, 1.807) is 0 Å². The van der Waals surface area contributed by atoms with Crippen molar-refractivity contribution < 1.29 is 0 Å². The van der Waals surface area contributed by atoms with Crippen molar-refractivity contribution in [3.63, 3.8) is 0 Å². The standard InChI is InChI=1S/C26H37N3S/c1-6-7-23(27)29-14-10-18(11-15-29)24-28-22(17-30-24)19-8-9-20-21(16-19)26(4,5)13-12-25(20,2)3/h8-9,16-18,27H,6-7,10-15H2,1-5H3. The van der Waals surface area contributed by atoms with Crippen molar-refractivity contribution in [1.29, 1.82) is 5.41 Å². The van der Waals surface area contributed by atoms with E-state index in [-0.39, 0.29) is 10.8 Å². The summed E-state index contributed by atoms with van der Waals surface area (Å²) in [4.78, 5) is 7.36. The molecule has 162 valence electrons. The first kappa shape index (κ1) is 21.5. The third-order valence-electron chi connectivity index (χ3n) is 7.38. The van der Waals surface area contributed by atoms with Gasteiger partial charge in [0.2, 0.25) is 0 Å². The normalized spacial score (nSPS) is 20.8. The van der Waals surface area contributed by atoms with E-state index in [1.807, 2.05) is 11.3 Å². The molecule has 0 amide bonds. The van der Waals surface area contributed by atoms with Crippen molar-refractivity contribution in [1.82, 2.24) is 9.88 Å². The summed E-state index contributed by atoms with van der Waals surface area (Å²) in [7, 11) is 0. The summed E-state index contributed by atoms with van der Waals surface area (Å²) in [5.41, 5.74) is 5.92. The SMILES string of the molecule is CCCC(=N)N1CCC(c2nc(-c3ccc4c(c3)C(C)(C)CCC4(C)C)cs2)CC1. The number of benzene rings is 1. The summed E-state index contributed by atoms with van der Waals surface area (Å²) in [5.74, 6) is 1.36. The Bertz CT molecular complexity index is 916. The minimum Gasteiger partial charge on any atom is -0.361 e. The summed E-state index contributed by atoms with van der Waals surface area (Å²) in [6.07, 6.45) is 6.68. The zero-order valence-corrected chi connectivity index (χ0v) is 20.2. The van der Waals surface area contributed by atoms with Crippen molar-refractivity contribution in [3.8, 4) is 11.3 Å². The number of hydrogen-bond acceptors (Lipinski definition) is 3. The van der Waals surface area contributed by atoms with E-state index >= 15 is 0 Å². The highest BCUT2D eigenvalue weighted by Crippen LogP contribution is 2.47. The molecule has 2 aliphatic rings. The lowest BCUT2D eigenvalue weighted by atomic mass is 9.63. The molecule has 1 aliphatic carbocycles. The molecule has 0 spiro atoms. The Balaban J connectivity index is 1.52. The van der Waals surface area contributed by atoms with E-state index < -0.39 is 0 Å². The number of fused-ring (bicyclic) bond motifs is 1. The Kier molecular flexibility index (Phi) is 5.82. The molecule has 0 radical (unpaired) electrons. The van der Waals surface area contributed by atoms with Crippen molar-refractivity contribution in [2.75, 3.05) is 13.1 Å². The van der Waals surface area contributed by atoms with Gasteiger partial charge in [-0.05, 0) is 60.1 Å². The van der Waals surface area contributed by atoms with Gasteiger partial charge in [0.15, 0.2) is 0 Å². The molecule has 4 rings (SSSR count). The highest BCUT2D eigenvalue weighted by molar-refractivity contribution is 7.10. The predicted octanol–water partition coefficient (Wildman–Crippen LogP) is 7.12. The molecule has 0 unspecified atom stereocenters. The maximum atomic E-state index is 8.22. The van der Waals surface area contributed by atoms with Crippen molar-refractivity contribution in [2.24, 2.45) is 0 Å². The van der Waals surface area contributed by atoms with Gasteiger partial charge in [-0.1, -0.05) is 46.8 Å². The summed E-state index contributed by atoms with van der Waals surface area (Å²) < 4.78 is 0. The molecule has 3 nitrogen and oxygen atoms in total. The summed E-state index contributed by atoms with van der Waals surface area (Å²) >= 11 is 1.82. The maximum Gasteiger partial charge on any atom is 0.0964 e. The van der Waals surface area contributed by atoms with E-state index in [0.717, 1.165) is 50.3 Å². The molecule has 1 fully saturated rings. The van der Waals surface area contributed by atoms with Gasteiger partial charge in [0.25, 0.3) is 0 Å². The van der Waals surface area contributed by atoms with Crippen molar-refractivity contribution in [3.05, 3.63) is 39.7 Å². The number of hydrogen-bond donors (Lipinski definition) is 1. The lowest BCUT2D eigenvalue weighted by Crippen LogP contribution is -2.37. The van der Waals surface area contributed by atoms with Gasteiger partial charge in [0, 0.05) is 36.4 Å². The van der Waals surface area contributed by atoms with Crippen LogP contribution in [-0.2, 0) is 10.8 Å². The first-order chi connectivity index (χ1) is 14.2. The molecule has 0 atom stereocenters. The second-order valence-electron chi connectivity index (χ2n) is 10.6. The molecule has 2 heterocycles. The summed E-state index contributed by atoms with van der Waals surface area (Å²) in [5, 5.41) is 11.8. The second kappa shape index (κ2) is 8.11. The molecule has 4 heteroatoms. The van der Waals surface area contributed by atoms with Gasteiger partial charge in [-0.25, -0.2) is 4.98 Å². The number of amidine groups is 1. The smallest absolute Gasteiger partial charge is 0.0964 e. The molecule has 1 aliphatic heterocycles. The average Bonchev–Trinajstić information content (AvgIpc) is 3.22. The van der Waals surface area contributed by atoms with Gasteiger partial charge in [-0.15, -0.1) is 11.3 Å². The van der Waals surface area contributed by atoms with Crippen LogP contribution in [0, 0.1) is 5.41 Å². The Morgan fingerprint density at radius 3 is 2.43 bits per heavy atom. The molecule has 0 saturated carbocycles. The number of nitrogens with zero attached hydrogens (tertiary/aromatic N) is 2. The van der Waals surface area contributed by atoms with Gasteiger partial charge in [0.1, 0.15) is 0 Å². The van der Waals surface area contributed by atoms with Gasteiger partial charge < -0.3 is 4.90 Å². The lowest BCUT2D eigenvalue weighted by Gasteiger charge is -2.42. The van der Waals surface area contributed by atoms with Crippen molar-refractivity contribution in [2.45, 2.75) is 89.9 Å². The van der Waals surface area contributed by atoms with Gasteiger partial charge >= 0.3 is 0 Å². The quantitative estimate of drug-likeness (QED) is 0.420. The topological polar surface area (TPSA) is 40.0 Å². The lowest BCUT2D eigenvalue weighted by molar-refractivity contribution is 0.306. The van der Waals surface area contributed by atoms with Crippen LogP contribution in [0.15, 0.2) is 23.6 Å². The number of rotatable bonds is 4.